The molecule has 0 amide bonds. The van der Waals surface area contributed by atoms with Gasteiger partial charge in [-0.25, -0.2) is 0 Å². The monoisotopic (exact) mass is 534 g/mol. The van der Waals surface area contributed by atoms with E-state index in [2.05, 4.69) is 0 Å². The normalized spacial score (nSPS) is 23.1. The molecule has 5 atom stereocenters. The number of aliphatic hydroxyl groups is 2. The third-order valence-electron chi connectivity index (χ3n) is 5.44. The van der Waals surface area contributed by atoms with E-state index in [0.29, 0.717) is 5.56 Å². The highest BCUT2D eigenvalue weighted by Gasteiger charge is 2.48. The molecule has 6 N–H and O–H groups in total. The minimum Gasteiger partial charge on any atom is -0.504 e. The third-order valence-corrected chi connectivity index (χ3v) is 5.44. The number of esters is 2. The molecule has 0 spiro atoms. The maximum absolute atomic E-state index is 12.6. The number of carbonyl (C=O) groups excluding carboxylic acids is 3. The summed E-state index contributed by atoms with van der Waals surface area (Å²) in [5.41, 5.74) is 0.0498. The fourth-order valence-electron chi connectivity index (χ4n) is 3.55. The van der Waals surface area contributed by atoms with Crippen LogP contribution in [0.4, 0.5) is 0 Å². The van der Waals surface area contributed by atoms with Gasteiger partial charge in [0.05, 0.1) is 5.56 Å². The molecular weight excluding hydrogens is 508 g/mol. The van der Waals surface area contributed by atoms with Crippen LogP contribution in [-0.2, 0) is 23.8 Å². The lowest BCUT2D eigenvalue weighted by Gasteiger charge is -2.41. The molecule has 0 radical (unpaired) electrons. The Labute approximate surface area is 215 Å². The summed E-state index contributed by atoms with van der Waals surface area (Å²) in [7, 11) is 0. The summed E-state index contributed by atoms with van der Waals surface area (Å²) in [6.45, 7) is 1.69. The number of ether oxygens (including phenoxy) is 4. The Hall–Kier alpha value is -4.33. The third kappa shape index (κ3) is 6.51. The molecule has 1 heterocycles. The molecule has 5 unspecified atom stereocenters. The highest BCUT2D eigenvalue weighted by atomic mass is 16.7. The average molecular weight is 534 g/mol. The first-order valence-electron chi connectivity index (χ1n) is 11.2. The summed E-state index contributed by atoms with van der Waals surface area (Å²) in [6.07, 6.45) is -5.52. The van der Waals surface area contributed by atoms with E-state index in [1.54, 1.807) is 0 Å². The van der Waals surface area contributed by atoms with E-state index in [1.165, 1.54) is 24.3 Å². The van der Waals surface area contributed by atoms with Crippen molar-refractivity contribution in [2.75, 3.05) is 6.61 Å². The quantitative estimate of drug-likeness (QED) is 0.120. The number of ketones is 1. The zero-order chi connectivity index (χ0) is 28.1. The van der Waals surface area contributed by atoms with Crippen LogP contribution in [0.1, 0.15) is 29.8 Å². The fraction of sp³-hybridized carbons (Fsp3) is 0.320. The topological polar surface area (TPSA) is 210 Å². The molecule has 1 saturated heterocycles. The molecule has 13 nitrogen and oxygen atoms in total. The van der Waals surface area contributed by atoms with Crippen LogP contribution in [0.25, 0.3) is 6.08 Å². The molecule has 0 bridgehead atoms. The fourth-order valence-corrected chi connectivity index (χ4v) is 3.55. The Kier molecular flexibility index (Phi) is 8.78. The van der Waals surface area contributed by atoms with Gasteiger partial charge in [-0.1, -0.05) is 12.1 Å². The van der Waals surface area contributed by atoms with Gasteiger partial charge in [-0.2, -0.15) is 0 Å². The van der Waals surface area contributed by atoms with Crippen molar-refractivity contribution in [3.8, 4) is 28.7 Å². The van der Waals surface area contributed by atoms with E-state index >= 15 is 0 Å². The SMILES string of the molecule is CC(=O)OCC1OC(Oc2ccc(C(=O)C=Cc3ccc(O)c(O)c3)c(O)c2O)C(O)C(OC(C)=O)C1O. The van der Waals surface area contributed by atoms with E-state index in [9.17, 15) is 45.0 Å². The molecule has 2 aromatic carbocycles. The van der Waals surface area contributed by atoms with Gasteiger partial charge in [-0.3, -0.25) is 14.4 Å². The molecule has 0 aliphatic carbocycles. The first-order valence-corrected chi connectivity index (χ1v) is 11.2. The van der Waals surface area contributed by atoms with Crippen molar-refractivity contribution in [2.24, 2.45) is 0 Å². The molecule has 2 aromatic rings. The number of aliphatic hydroxyl groups excluding tert-OH is 2. The van der Waals surface area contributed by atoms with E-state index < -0.39 is 78.0 Å². The van der Waals surface area contributed by atoms with Crippen molar-refractivity contribution in [2.45, 2.75) is 44.6 Å². The molecule has 38 heavy (non-hydrogen) atoms. The van der Waals surface area contributed by atoms with Gasteiger partial charge in [0.25, 0.3) is 0 Å². The van der Waals surface area contributed by atoms with Crippen LogP contribution in [0, 0.1) is 0 Å². The Morgan fingerprint density at radius 1 is 0.921 bits per heavy atom. The number of benzene rings is 2. The zero-order valence-corrected chi connectivity index (χ0v) is 20.2. The highest BCUT2D eigenvalue weighted by Crippen LogP contribution is 2.40. The Balaban J connectivity index is 1.81. The van der Waals surface area contributed by atoms with Gasteiger partial charge < -0.3 is 49.6 Å². The summed E-state index contributed by atoms with van der Waals surface area (Å²) in [6, 6.07) is 6.08. The molecule has 1 fully saturated rings. The van der Waals surface area contributed by atoms with Gasteiger partial charge in [0.15, 0.2) is 41.0 Å². The molecule has 0 saturated carbocycles. The van der Waals surface area contributed by atoms with Crippen molar-refractivity contribution < 1.29 is 64.0 Å². The first kappa shape index (κ1) is 28.2. The van der Waals surface area contributed by atoms with Crippen LogP contribution in [-0.4, -0.2) is 85.7 Å². The number of rotatable bonds is 8. The number of phenolic OH excluding ortho intramolecular Hbond substituents is 4. The van der Waals surface area contributed by atoms with Gasteiger partial charge in [0.2, 0.25) is 12.0 Å². The van der Waals surface area contributed by atoms with Crippen LogP contribution in [0.15, 0.2) is 36.4 Å². The van der Waals surface area contributed by atoms with Gasteiger partial charge >= 0.3 is 11.9 Å². The predicted octanol–water partition coefficient (Wildman–Crippen LogP) is 0.725. The standard InChI is InChI=1S/C25H26O13/c1-11(26)35-10-19-22(33)24(36-12(2)27)23(34)25(38-19)37-18-8-5-14(20(31)21(18)32)15(28)6-3-13-4-7-16(29)17(30)9-13/h3-9,19,22-25,29-34H,10H2,1-2H3. The summed E-state index contributed by atoms with van der Waals surface area (Å²) in [4.78, 5) is 35.2. The molecule has 13 heteroatoms. The maximum Gasteiger partial charge on any atom is 0.303 e. The van der Waals surface area contributed by atoms with E-state index in [1.807, 2.05) is 0 Å². The molecule has 1 aliphatic rings. The maximum atomic E-state index is 12.6. The lowest BCUT2D eigenvalue weighted by Crippen LogP contribution is -2.61. The molecule has 0 aromatic heterocycles. The summed E-state index contributed by atoms with van der Waals surface area (Å²) < 4.78 is 20.7. The highest BCUT2D eigenvalue weighted by molar-refractivity contribution is 6.09. The van der Waals surface area contributed by atoms with Crippen LogP contribution in [0.3, 0.4) is 0 Å². The Morgan fingerprint density at radius 2 is 1.63 bits per heavy atom. The molecule has 204 valence electrons. The second kappa shape index (κ2) is 11.8. The average Bonchev–Trinajstić information content (AvgIpc) is 2.85. The largest absolute Gasteiger partial charge is 0.504 e. The Bertz CT molecular complexity index is 1240. The number of phenols is 4. The smallest absolute Gasteiger partial charge is 0.303 e. The number of carbonyl (C=O) groups is 3. The Morgan fingerprint density at radius 3 is 2.26 bits per heavy atom. The second-order valence-corrected chi connectivity index (χ2v) is 8.27. The molecular formula is C25H26O13. The summed E-state index contributed by atoms with van der Waals surface area (Å²) in [5.74, 6) is -5.16. The summed E-state index contributed by atoms with van der Waals surface area (Å²) >= 11 is 0. The zero-order valence-electron chi connectivity index (χ0n) is 20.2. The number of aromatic hydroxyl groups is 4. The number of allylic oxidation sites excluding steroid dienone is 1. The van der Waals surface area contributed by atoms with E-state index in [4.69, 9.17) is 18.9 Å². The lowest BCUT2D eigenvalue weighted by atomic mass is 9.99. The minimum atomic E-state index is -1.77. The van der Waals surface area contributed by atoms with E-state index in [-0.39, 0.29) is 11.3 Å². The van der Waals surface area contributed by atoms with Crippen LogP contribution < -0.4 is 4.74 Å². The van der Waals surface area contributed by atoms with Crippen LogP contribution >= 0.6 is 0 Å². The van der Waals surface area contributed by atoms with Crippen molar-refractivity contribution in [1.29, 1.82) is 0 Å². The van der Waals surface area contributed by atoms with Crippen LogP contribution in [0.5, 0.6) is 28.7 Å². The van der Waals surface area contributed by atoms with Crippen molar-refractivity contribution in [3.63, 3.8) is 0 Å². The van der Waals surface area contributed by atoms with E-state index in [0.717, 1.165) is 32.1 Å². The molecule has 1 aliphatic heterocycles. The van der Waals surface area contributed by atoms with Crippen molar-refractivity contribution >= 4 is 23.8 Å². The van der Waals surface area contributed by atoms with Crippen molar-refractivity contribution in [1.82, 2.24) is 0 Å². The molecule has 3 rings (SSSR count). The van der Waals surface area contributed by atoms with Crippen molar-refractivity contribution in [3.05, 3.63) is 47.5 Å². The van der Waals surface area contributed by atoms with Gasteiger partial charge in [-0.15, -0.1) is 0 Å². The van der Waals surface area contributed by atoms with Gasteiger partial charge in [0, 0.05) is 13.8 Å². The second-order valence-electron chi connectivity index (χ2n) is 8.27. The first-order chi connectivity index (χ1) is 17.9. The van der Waals surface area contributed by atoms with Gasteiger partial charge in [0.1, 0.15) is 18.8 Å². The predicted molar refractivity (Wildman–Crippen MR) is 126 cm³/mol. The van der Waals surface area contributed by atoms with Gasteiger partial charge in [-0.05, 0) is 35.9 Å². The summed E-state index contributed by atoms with van der Waals surface area (Å²) in [5, 5.41) is 60.8. The minimum absolute atomic E-state index is 0.319. The number of hydrogen-bond acceptors (Lipinski definition) is 13. The number of hydrogen-bond donors (Lipinski definition) is 6. The van der Waals surface area contributed by atoms with Crippen LogP contribution in [0.2, 0.25) is 0 Å². The lowest BCUT2D eigenvalue weighted by molar-refractivity contribution is -0.282.